The van der Waals surface area contributed by atoms with Gasteiger partial charge < -0.3 is 4.57 Å². The highest BCUT2D eigenvalue weighted by Gasteiger charge is 2.11. The maximum atomic E-state index is 11.5. The van der Waals surface area contributed by atoms with Crippen molar-refractivity contribution in [3.63, 3.8) is 0 Å². The molecular weight excluding hydrogens is 164 g/mol. The molecule has 0 aliphatic rings. The molecule has 0 spiro atoms. The molecule has 1 atom stereocenters. The lowest BCUT2D eigenvalue weighted by Gasteiger charge is -2.08. The minimum atomic E-state index is 0.154. The largest absolute Gasteiger partial charge is 0.328 e. The maximum Gasteiger partial charge on any atom is 0.155 e. The molecule has 0 bridgehead atoms. The van der Waals surface area contributed by atoms with E-state index in [0.29, 0.717) is 6.54 Å². The van der Waals surface area contributed by atoms with E-state index >= 15 is 0 Å². The minimum absolute atomic E-state index is 0.154. The first kappa shape index (κ1) is 9.96. The van der Waals surface area contributed by atoms with Crippen LogP contribution in [0.25, 0.3) is 0 Å². The van der Waals surface area contributed by atoms with Gasteiger partial charge in [0.25, 0.3) is 0 Å². The molecule has 13 heavy (non-hydrogen) atoms. The highest BCUT2D eigenvalue weighted by atomic mass is 16.1. The van der Waals surface area contributed by atoms with Gasteiger partial charge in [0, 0.05) is 18.3 Å². The summed E-state index contributed by atoms with van der Waals surface area (Å²) in [6.07, 6.45) is 4.47. The molecule has 0 radical (unpaired) electrons. The van der Waals surface area contributed by atoms with Gasteiger partial charge in [-0.1, -0.05) is 13.8 Å². The normalized spacial score (nSPS) is 12.8. The third-order valence-corrected chi connectivity index (χ3v) is 2.41. The van der Waals surface area contributed by atoms with Crippen LogP contribution >= 0.6 is 0 Å². The number of rotatable bonds is 4. The number of hydrogen-bond acceptors (Lipinski definition) is 2. The number of hydrogen-bond donors (Lipinski definition) is 0. The molecule has 3 nitrogen and oxygen atoms in total. The van der Waals surface area contributed by atoms with E-state index in [9.17, 15) is 4.79 Å². The monoisotopic (exact) mass is 180 g/mol. The second-order valence-corrected chi connectivity index (χ2v) is 3.38. The molecule has 0 aromatic carbocycles. The molecule has 1 heterocycles. The van der Waals surface area contributed by atoms with Gasteiger partial charge in [0.15, 0.2) is 5.78 Å². The summed E-state index contributed by atoms with van der Waals surface area (Å²) in [6.45, 7) is 6.36. The van der Waals surface area contributed by atoms with E-state index in [1.54, 1.807) is 6.20 Å². The number of carbonyl (C=O) groups excluding carboxylic acids is 1. The van der Waals surface area contributed by atoms with Gasteiger partial charge in [-0.25, -0.2) is 4.98 Å². The zero-order valence-electron chi connectivity index (χ0n) is 8.45. The first-order chi connectivity index (χ1) is 6.15. The quantitative estimate of drug-likeness (QED) is 0.708. The molecule has 0 N–H and O–H groups in total. The maximum absolute atomic E-state index is 11.5. The molecule has 0 amide bonds. The van der Waals surface area contributed by atoms with Gasteiger partial charge in [-0.05, 0) is 13.3 Å². The molecule has 72 valence electrons. The highest BCUT2D eigenvalue weighted by Crippen LogP contribution is 2.05. The molecule has 3 heteroatoms. The smallest absolute Gasteiger partial charge is 0.155 e. The van der Waals surface area contributed by atoms with Crippen molar-refractivity contribution < 1.29 is 4.79 Å². The molecule has 0 aliphatic heterocycles. The van der Waals surface area contributed by atoms with Gasteiger partial charge in [0.05, 0.1) is 6.54 Å². The Bertz CT molecular complexity index is 291. The average molecular weight is 180 g/mol. The molecular formula is C10H16N2O. The summed E-state index contributed by atoms with van der Waals surface area (Å²) in [5, 5.41) is 0. The van der Waals surface area contributed by atoms with E-state index in [1.807, 2.05) is 31.5 Å². The Kier molecular flexibility index (Phi) is 3.23. The van der Waals surface area contributed by atoms with Gasteiger partial charge in [-0.2, -0.15) is 0 Å². The molecule has 1 unspecified atom stereocenters. The van der Waals surface area contributed by atoms with Crippen LogP contribution in [0.1, 0.15) is 26.1 Å². The molecule has 0 saturated carbocycles. The van der Waals surface area contributed by atoms with Crippen molar-refractivity contribution in [2.45, 2.75) is 33.7 Å². The van der Waals surface area contributed by atoms with E-state index in [4.69, 9.17) is 0 Å². The van der Waals surface area contributed by atoms with Crippen LogP contribution in [0.4, 0.5) is 0 Å². The Labute approximate surface area is 78.8 Å². The van der Waals surface area contributed by atoms with Crippen LogP contribution in [-0.4, -0.2) is 15.3 Å². The summed E-state index contributed by atoms with van der Waals surface area (Å²) < 4.78 is 1.88. The SMILES string of the molecule is CCC(C)C(=O)Cn1ccnc1C. The van der Waals surface area contributed by atoms with Crippen molar-refractivity contribution in [3.8, 4) is 0 Å². The van der Waals surface area contributed by atoms with Crippen molar-refractivity contribution in [3.05, 3.63) is 18.2 Å². The van der Waals surface area contributed by atoms with E-state index in [1.165, 1.54) is 0 Å². The van der Waals surface area contributed by atoms with Gasteiger partial charge in [-0.15, -0.1) is 0 Å². The molecule has 0 saturated heterocycles. The Morgan fingerprint density at radius 1 is 1.69 bits per heavy atom. The lowest BCUT2D eigenvalue weighted by molar-refractivity contribution is -0.123. The first-order valence-corrected chi connectivity index (χ1v) is 4.65. The predicted molar refractivity (Wildman–Crippen MR) is 51.4 cm³/mol. The number of carbonyl (C=O) groups is 1. The molecule has 1 aromatic rings. The summed E-state index contributed by atoms with van der Waals surface area (Å²) >= 11 is 0. The molecule has 0 fully saturated rings. The number of imidazole rings is 1. The lowest BCUT2D eigenvalue weighted by Crippen LogP contribution is -2.17. The third-order valence-electron chi connectivity index (χ3n) is 2.41. The van der Waals surface area contributed by atoms with E-state index in [2.05, 4.69) is 4.98 Å². The van der Waals surface area contributed by atoms with Crippen LogP contribution in [-0.2, 0) is 11.3 Å². The van der Waals surface area contributed by atoms with Crippen LogP contribution in [0, 0.1) is 12.8 Å². The van der Waals surface area contributed by atoms with Crippen LogP contribution in [0.3, 0.4) is 0 Å². The number of nitrogens with zero attached hydrogens (tertiary/aromatic N) is 2. The number of Topliss-reactive ketones (excluding diaryl/α,β-unsaturated/α-hetero) is 1. The summed E-state index contributed by atoms with van der Waals surface area (Å²) in [4.78, 5) is 15.6. The first-order valence-electron chi connectivity index (χ1n) is 4.65. The molecule has 1 rings (SSSR count). The van der Waals surface area contributed by atoms with Gasteiger partial charge in [0.1, 0.15) is 5.82 Å². The zero-order valence-corrected chi connectivity index (χ0v) is 8.45. The van der Waals surface area contributed by atoms with Crippen molar-refractivity contribution in [2.24, 2.45) is 5.92 Å². The summed E-state index contributed by atoms with van der Waals surface area (Å²) in [7, 11) is 0. The van der Waals surface area contributed by atoms with Gasteiger partial charge in [-0.3, -0.25) is 4.79 Å². The minimum Gasteiger partial charge on any atom is -0.328 e. The van der Waals surface area contributed by atoms with Crippen LogP contribution in [0.5, 0.6) is 0 Å². The fraction of sp³-hybridized carbons (Fsp3) is 0.600. The van der Waals surface area contributed by atoms with E-state index in [0.717, 1.165) is 12.2 Å². The van der Waals surface area contributed by atoms with Gasteiger partial charge >= 0.3 is 0 Å². The second kappa shape index (κ2) is 4.21. The Hall–Kier alpha value is -1.12. The summed E-state index contributed by atoms with van der Waals surface area (Å²) in [5.74, 6) is 1.34. The Morgan fingerprint density at radius 2 is 2.38 bits per heavy atom. The number of ketones is 1. The zero-order chi connectivity index (χ0) is 9.84. The third kappa shape index (κ3) is 2.41. The topological polar surface area (TPSA) is 34.9 Å². The standard InChI is InChI=1S/C10H16N2O/c1-4-8(2)10(13)7-12-6-5-11-9(12)3/h5-6,8H,4,7H2,1-3H3. The van der Waals surface area contributed by atoms with Crippen molar-refractivity contribution in [2.75, 3.05) is 0 Å². The second-order valence-electron chi connectivity index (χ2n) is 3.38. The van der Waals surface area contributed by atoms with Crippen LogP contribution < -0.4 is 0 Å². The van der Waals surface area contributed by atoms with E-state index in [-0.39, 0.29) is 11.7 Å². The summed E-state index contributed by atoms with van der Waals surface area (Å²) in [6, 6.07) is 0. The molecule has 0 aliphatic carbocycles. The van der Waals surface area contributed by atoms with Crippen molar-refractivity contribution >= 4 is 5.78 Å². The van der Waals surface area contributed by atoms with Crippen molar-refractivity contribution in [1.29, 1.82) is 0 Å². The highest BCUT2D eigenvalue weighted by molar-refractivity contribution is 5.80. The van der Waals surface area contributed by atoms with E-state index < -0.39 is 0 Å². The fourth-order valence-electron chi connectivity index (χ4n) is 1.12. The number of aromatic nitrogens is 2. The Morgan fingerprint density at radius 3 is 2.85 bits per heavy atom. The van der Waals surface area contributed by atoms with Gasteiger partial charge in [0.2, 0.25) is 0 Å². The van der Waals surface area contributed by atoms with Crippen LogP contribution in [0.15, 0.2) is 12.4 Å². The summed E-state index contributed by atoms with van der Waals surface area (Å²) in [5.41, 5.74) is 0. The van der Waals surface area contributed by atoms with Crippen molar-refractivity contribution in [1.82, 2.24) is 9.55 Å². The average Bonchev–Trinajstić information content (AvgIpc) is 2.50. The Balaban J connectivity index is 2.60. The van der Waals surface area contributed by atoms with Crippen LogP contribution in [0.2, 0.25) is 0 Å². The fourth-order valence-corrected chi connectivity index (χ4v) is 1.12. The molecule has 1 aromatic heterocycles. The lowest BCUT2D eigenvalue weighted by atomic mass is 10.0. The predicted octanol–water partition coefficient (Wildman–Crippen LogP) is 1.81. The number of aryl methyl sites for hydroxylation is 1.